The van der Waals surface area contributed by atoms with Crippen LogP contribution in [0.1, 0.15) is 24.5 Å². The highest BCUT2D eigenvalue weighted by Crippen LogP contribution is 2.19. The molecule has 94 valence electrons. The Hall–Kier alpha value is -0.860. The summed E-state index contributed by atoms with van der Waals surface area (Å²) in [6.45, 7) is 7.71. The Morgan fingerprint density at radius 3 is 2.65 bits per heavy atom. The molecule has 0 radical (unpaired) electrons. The molecule has 2 heteroatoms. The summed E-state index contributed by atoms with van der Waals surface area (Å²) in [7, 11) is 0. The van der Waals surface area contributed by atoms with Crippen molar-refractivity contribution < 1.29 is 0 Å². The standard InChI is InChI=1S/C15H24N2/c1-12-3-5-14(6-4-12)9-13(2)17-8-7-15(10-16)11-17/h3-6,13,15H,7-11,16H2,1-2H3/t13?,15-/m1/s1. The lowest BCUT2D eigenvalue weighted by atomic mass is 10.0. The Labute approximate surface area is 105 Å². The maximum absolute atomic E-state index is 5.74. The van der Waals surface area contributed by atoms with E-state index in [1.807, 2.05) is 0 Å². The minimum absolute atomic E-state index is 0.634. The summed E-state index contributed by atoms with van der Waals surface area (Å²) in [5.74, 6) is 0.718. The molecule has 0 amide bonds. The molecule has 17 heavy (non-hydrogen) atoms. The lowest BCUT2D eigenvalue weighted by Gasteiger charge is -2.24. The molecule has 1 aliphatic rings. The van der Waals surface area contributed by atoms with Gasteiger partial charge in [-0.25, -0.2) is 0 Å². The second-order valence-electron chi connectivity index (χ2n) is 5.42. The molecule has 2 nitrogen and oxygen atoms in total. The van der Waals surface area contributed by atoms with Crippen LogP contribution in [0.15, 0.2) is 24.3 Å². The first-order valence-electron chi connectivity index (χ1n) is 6.68. The van der Waals surface area contributed by atoms with Crippen molar-refractivity contribution in [2.45, 2.75) is 32.7 Å². The highest BCUT2D eigenvalue weighted by molar-refractivity contribution is 5.22. The lowest BCUT2D eigenvalue weighted by molar-refractivity contribution is 0.248. The number of nitrogens with zero attached hydrogens (tertiary/aromatic N) is 1. The molecule has 0 spiro atoms. The molecule has 0 bridgehead atoms. The van der Waals surface area contributed by atoms with E-state index in [4.69, 9.17) is 5.73 Å². The quantitative estimate of drug-likeness (QED) is 0.862. The Morgan fingerprint density at radius 1 is 1.35 bits per heavy atom. The first-order chi connectivity index (χ1) is 8.19. The first-order valence-corrected chi connectivity index (χ1v) is 6.68. The summed E-state index contributed by atoms with van der Waals surface area (Å²) < 4.78 is 0. The Balaban J connectivity index is 1.89. The third-order valence-electron chi connectivity index (χ3n) is 3.93. The van der Waals surface area contributed by atoms with Crippen molar-refractivity contribution in [2.24, 2.45) is 11.7 Å². The van der Waals surface area contributed by atoms with Crippen molar-refractivity contribution in [2.75, 3.05) is 19.6 Å². The van der Waals surface area contributed by atoms with Crippen molar-refractivity contribution >= 4 is 0 Å². The second kappa shape index (κ2) is 5.65. The maximum Gasteiger partial charge on any atom is 0.0107 e. The molecular formula is C15H24N2. The molecule has 1 saturated heterocycles. The average molecular weight is 232 g/mol. The highest BCUT2D eigenvalue weighted by Gasteiger charge is 2.24. The number of hydrogen-bond donors (Lipinski definition) is 1. The van der Waals surface area contributed by atoms with Gasteiger partial charge in [0.15, 0.2) is 0 Å². The fourth-order valence-electron chi connectivity index (χ4n) is 2.65. The SMILES string of the molecule is Cc1ccc(CC(C)N2CC[C@H](CN)C2)cc1. The maximum atomic E-state index is 5.74. The Bertz CT molecular complexity index is 344. The molecule has 0 aliphatic carbocycles. The summed E-state index contributed by atoms with van der Waals surface area (Å²) in [5.41, 5.74) is 8.52. The van der Waals surface area contributed by atoms with E-state index in [0.717, 1.165) is 18.9 Å². The number of benzene rings is 1. The monoisotopic (exact) mass is 232 g/mol. The van der Waals surface area contributed by atoms with E-state index in [1.165, 1.54) is 30.6 Å². The molecule has 2 rings (SSSR count). The van der Waals surface area contributed by atoms with Crippen LogP contribution in [0.4, 0.5) is 0 Å². The average Bonchev–Trinajstić information content (AvgIpc) is 2.81. The van der Waals surface area contributed by atoms with Crippen LogP contribution in [0.2, 0.25) is 0 Å². The zero-order valence-electron chi connectivity index (χ0n) is 11.0. The van der Waals surface area contributed by atoms with Gasteiger partial charge in [0.1, 0.15) is 0 Å². The highest BCUT2D eigenvalue weighted by atomic mass is 15.2. The van der Waals surface area contributed by atoms with Gasteiger partial charge >= 0.3 is 0 Å². The molecule has 1 fully saturated rings. The number of rotatable bonds is 4. The summed E-state index contributed by atoms with van der Waals surface area (Å²) in [6.07, 6.45) is 2.42. The molecule has 0 aromatic heterocycles. The zero-order chi connectivity index (χ0) is 12.3. The van der Waals surface area contributed by atoms with Gasteiger partial charge in [0.05, 0.1) is 0 Å². The van der Waals surface area contributed by atoms with E-state index in [-0.39, 0.29) is 0 Å². The predicted octanol–water partition coefficient (Wildman–Crippen LogP) is 2.21. The van der Waals surface area contributed by atoms with Crippen LogP contribution in [0.25, 0.3) is 0 Å². The van der Waals surface area contributed by atoms with Crippen LogP contribution in [-0.4, -0.2) is 30.6 Å². The first kappa shape index (κ1) is 12.6. The Morgan fingerprint density at radius 2 is 2.06 bits per heavy atom. The van der Waals surface area contributed by atoms with Crippen molar-refractivity contribution in [1.82, 2.24) is 4.90 Å². The van der Waals surface area contributed by atoms with Crippen molar-refractivity contribution in [1.29, 1.82) is 0 Å². The third-order valence-corrected chi connectivity index (χ3v) is 3.93. The van der Waals surface area contributed by atoms with Gasteiger partial charge in [-0.05, 0) is 51.3 Å². The number of nitrogens with two attached hydrogens (primary N) is 1. The van der Waals surface area contributed by atoms with Crippen LogP contribution < -0.4 is 5.73 Å². The van der Waals surface area contributed by atoms with Crippen LogP contribution in [0, 0.1) is 12.8 Å². The van der Waals surface area contributed by atoms with Gasteiger partial charge in [-0.3, -0.25) is 4.90 Å². The van der Waals surface area contributed by atoms with Crippen molar-refractivity contribution in [3.63, 3.8) is 0 Å². The largest absolute Gasteiger partial charge is 0.330 e. The van der Waals surface area contributed by atoms with E-state index in [9.17, 15) is 0 Å². The lowest BCUT2D eigenvalue weighted by Crippen LogP contribution is -2.33. The Kier molecular flexibility index (Phi) is 4.19. The van der Waals surface area contributed by atoms with E-state index in [2.05, 4.69) is 43.0 Å². The summed E-state index contributed by atoms with van der Waals surface area (Å²) in [4.78, 5) is 2.58. The number of aryl methyl sites for hydroxylation is 1. The van der Waals surface area contributed by atoms with E-state index in [0.29, 0.717) is 6.04 Å². The van der Waals surface area contributed by atoms with E-state index >= 15 is 0 Å². The predicted molar refractivity (Wildman–Crippen MR) is 73.1 cm³/mol. The molecule has 2 N–H and O–H groups in total. The fraction of sp³-hybridized carbons (Fsp3) is 0.600. The summed E-state index contributed by atoms with van der Waals surface area (Å²) >= 11 is 0. The fourth-order valence-corrected chi connectivity index (χ4v) is 2.65. The van der Waals surface area contributed by atoms with Crippen molar-refractivity contribution in [3.05, 3.63) is 35.4 Å². The molecule has 1 unspecified atom stereocenters. The van der Waals surface area contributed by atoms with Gasteiger partial charge in [-0.2, -0.15) is 0 Å². The van der Waals surface area contributed by atoms with Gasteiger partial charge in [-0.1, -0.05) is 29.8 Å². The normalized spacial score (nSPS) is 22.9. The molecule has 1 aromatic rings. The zero-order valence-corrected chi connectivity index (χ0v) is 11.0. The van der Waals surface area contributed by atoms with E-state index < -0.39 is 0 Å². The molecule has 0 saturated carbocycles. The third kappa shape index (κ3) is 3.30. The van der Waals surface area contributed by atoms with Gasteiger partial charge in [0.25, 0.3) is 0 Å². The molecule has 2 atom stereocenters. The van der Waals surface area contributed by atoms with Gasteiger partial charge in [-0.15, -0.1) is 0 Å². The van der Waals surface area contributed by atoms with Crippen LogP contribution in [0.3, 0.4) is 0 Å². The molecule has 1 aliphatic heterocycles. The van der Waals surface area contributed by atoms with Gasteiger partial charge in [0, 0.05) is 12.6 Å². The van der Waals surface area contributed by atoms with Crippen LogP contribution in [-0.2, 0) is 6.42 Å². The smallest absolute Gasteiger partial charge is 0.0107 e. The van der Waals surface area contributed by atoms with Crippen molar-refractivity contribution in [3.8, 4) is 0 Å². The van der Waals surface area contributed by atoms with Gasteiger partial charge in [0.2, 0.25) is 0 Å². The topological polar surface area (TPSA) is 29.3 Å². The molecule has 1 aromatic carbocycles. The molecular weight excluding hydrogens is 208 g/mol. The number of hydrogen-bond acceptors (Lipinski definition) is 2. The number of likely N-dealkylation sites (tertiary alicyclic amines) is 1. The van der Waals surface area contributed by atoms with E-state index in [1.54, 1.807) is 0 Å². The van der Waals surface area contributed by atoms with Crippen LogP contribution >= 0.6 is 0 Å². The summed E-state index contributed by atoms with van der Waals surface area (Å²) in [5, 5.41) is 0. The minimum atomic E-state index is 0.634. The molecule has 1 heterocycles. The van der Waals surface area contributed by atoms with Crippen LogP contribution in [0.5, 0.6) is 0 Å². The minimum Gasteiger partial charge on any atom is -0.330 e. The second-order valence-corrected chi connectivity index (χ2v) is 5.42. The van der Waals surface area contributed by atoms with Gasteiger partial charge < -0.3 is 5.73 Å². The summed E-state index contributed by atoms with van der Waals surface area (Å²) in [6, 6.07) is 9.54.